The largest absolute Gasteiger partial charge is 0.396 e. The summed E-state index contributed by atoms with van der Waals surface area (Å²) in [5.41, 5.74) is 7.00. The molecule has 0 saturated heterocycles. The van der Waals surface area contributed by atoms with Gasteiger partial charge < -0.3 is 11.1 Å². The van der Waals surface area contributed by atoms with E-state index < -0.39 is 0 Å². The molecule has 18 heavy (non-hydrogen) atoms. The Labute approximate surface area is 112 Å². The monoisotopic (exact) mass is 309 g/mol. The molecular weight excluding hydrogens is 298 g/mol. The summed E-state index contributed by atoms with van der Waals surface area (Å²) in [5.74, 6) is 0.0908. The average molecular weight is 310 g/mol. The first kappa shape index (κ1) is 12.6. The maximum absolute atomic E-state index is 11.9. The van der Waals surface area contributed by atoms with Gasteiger partial charge in [0.15, 0.2) is 5.69 Å². The number of nitrogens with zero attached hydrogens (tertiary/aromatic N) is 3. The molecule has 0 spiro atoms. The third-order valence-electron chi connectivity index (χ3n) is 2.34. The Morgan fingerprint density at radius 1 is 1.50 bits per heavy atom. The van der Waals surface area contributed by atoms with Crippen molar-refractivity contribution in [3.8, 4) is 0 Å². The molecule has 6 nitrogen and oxygen atoms in total. The van der Waals surface area contributed by atoms with E-state index in [1.165, 1.54) is 4.68 Å². The van der Waals surface area contributed by atoms with Crippen LogP contribution in [0.25, 0.3) is 0 Å². The number of aryl methyl sites for hydroxylation is 2. The zero-order valence-corrected chi connectivity index (χ0v) is 11.5. The van der Waals surface area contributed by atoms with E-state index in [9.17, 15) is 4.79 Å². The van der Waals surface area contributed by atoms with Crippen molar-refractivity contribution in [2.24, 2.45) is 7.05 Å². The first-order chi connectivity index (χ1) is 8.47. The van der Waals surface area contributed by atoms with Gasteiger partial charge in [-0.05, 0) is 35.0 Å². The quantitative estimate of drug-likeness (QED) is 0.884. The Morgan fingerprint density at radius 2 is 2.22 bits per heavy atom. The number of carbonyl (C=O) groups excluding carboxylic acids is 1. The van der Waals surface area contributed by atoms with Gasteiger partial charge in [0, 0.05) is 17.7 Å². The minimum absolute atomic E-state index is 0.194. The summed E-state index contributed by atoms with van der Waals surface area (Å²) in [6.07, 6.45) is 1.58. The first-order valence-corrected chi connectivity index (χ1v) is 6.00. The molecule has 2 heterocycles. The van der Waals surface area contributed by atoms with Crippen molar-refractivity contribution in [2.75, 3.05) is 11.1 Å². The van der Waals surface area contributed by atoms with E-state index in [4.69, 9.17) is 5.73 Å². The average Bonchev–Trinajstić information content (AvgIpc) is 2.63. The highest BCUT2D eigenvalue weighted by atomic mass is 79.9. The third kappa shape index (κ3) is 2.51. The van der Waals surface area contributed by atoms with Crippen molar-refractivity contribution >= 4 is 33.3 Å². The smallest absolute Gasteiger partial charge is 0.279 e. The minimum Gasteiger partial charge on any atom is -0.396 e. The van der Waals surface area contributed by atoms with Gasteiger partial charge in [0.1, 0.15) is 5.82 Å². The van der Waals surface area contributed by atoms with Gasteiger partial charge >= 0.3 is 0 Å². The van der Waals surface area contributed by atoms with Gasteiger partial charge in [-0.2, -0.15) is 5.10 Å². The third-order valence-corrected chi connectivity index (χ3v) is 3.17. The number of hydrogen-bond acceptors (Lipinski definition) is 4. The number of halogens is 1. The molecule has 2 aromatic rings. The zero-order valence-electron chi connectivity index (χ0n) is 9.94. The van der Waals surface area contributed by atoms with Gasteiger partial charge in [-0.25, -0.2) is 4.98 Å². The van der Waals surface area contributed by atoms with Gasteiger partial charge in [-0.3, -0.25) is 9.48 Å². The lowest BCUT2D eigenvalue weighted by molar-refractivity contribution is 0.102. The fourth-order valence-electron chi connectivity index (χ4n) is 1.47. The van der Waals surface area contributed by atoms with Crippen molar-refractivity contribution in [1.82, 2.24) is 14.8 Å². The van der Waals surface area contributed by atoms with E-state index in [-0.39, 0.29) is 11.6 Å². The lowest BCUT2D eigenvalue weighted by Gasteiger charge is -2.04. The van der Waals surface area contributed by atoms with Crippen LogP contribution in [-0.4, -0.2) is 20.7 Å². The van der Waals surface area contributed by atoms with Crippen LogP contribution in [0, 0.1) is 6.92 Å². The highest BCUT2D eigenvalue weighted by Crippen LogP contribution is 2.17. The number of hydrogen-bond donors (Lipinski definition) is 2. The predicted molar refractivity (Wildman–Crippen MR) is 72.2 cm³/mol. The molecule has 2 rings (SSSR count). The Hall–Kier alpha value is -1.89. The molecule has 0 unspecified atom stereocenters. The Kier molecular flexibility index (Phi) is 3.33. The van der Waals surface area contributed by atoms with Crippen molar-refractivity contribution < 1.29 is 4.79 Å². The van der Waals surface area contributed by atoms with Crippen LogP contribution < -0.4 is 11.1 Å². The number of anilines is 2. The van der Waals surface area contributed by atoms with Crippen LogP contribution in [0.15, 0.2) is 22.8 Å². The van der Waals surface area contributed by atoms with Crippen molar-refractivity contribution in [2.45, 2.75) is 6.92 Å². The molecule has 0 saturated carbocycles. The second-order valence-corrected chi connectivity index (χ2v) is 4.68. The number of amides is 1. The lowest BCUT2D eigenvalue weighted by atomic mass is 10.3. The Morgan fingerprint density at radius 3 is 2.78 bits per heavy atom. The summed E-state index contributed by atoms with van der Waals surface area (Å²) < 4.78 is 2.38. The molecule has 0 aliphatic heterocycles. The van der Waals surface area contributed by atoms with Crippen LogP contribution >= 0.6 is 15.9 Å². The van der Waals surface area contributed by atoms with Crippen LogP contribution in [0.5, 0.6) is 0 Å². The maximum Gasteiger partial charge on any atom is 0.279 e. The molecule has 0 aliphatic carbocycles. The van der Waals surface area contributed by atoms with Gasteiger partial charge in [0.2, 0.25) is 0 Å². The van der Waals surface area contributed by atoms with Crippen molar-refractivity contribution in [3.05, 3.63) is 34.2 Å². The summed E-state index contributed by atoms with van der Waals surface area (Å²) in [6.45, 7) is 1.84. The second kappa shape index (κ2) is 4.77. The molecule has 2 aromatic heterocycles. The summed E-state index contributed by atoms with van der Waals surface area (Å²) >= 11 is 3.34. The normalized spacial score (nSPS) is 10.4. The van der Waals surface area contributed by atoms with Crippen LogP contribution in [0.3, 0.4) is 0 Å². The fourth-order valence-corrected chi connectivity index (χ4v) is 1.69. The van der Waals surface area contributed by atoms with Crippen LogP contribution in [-0.2, 0) is 7.05 Å². The standard InChI is InChI=1S/C11H12BrN5O/c1-6-7(12)3-4-9(14-6)15-11(18)10-8(13)5-17(2)16-10/h3-5H,13H2,1-2H3,(H,14,15,18). The number of nitrogens with one attached hydrogen (secondary N) is 1. The highest BCUT2D eigenvalue weighted by molar-refractivity contribution is 9.10. The number of pyridine rings is 1. The SMILES string of the molecule is Cc1nc(NC(=O)c2nn(C)cc2N)ccc1Br. The molecule has 7 heteroatoms. The lowest BCUT2D eigenvalue weighted by Crippen LogP contribution is -2.15. The number of carbonyl (C=O) groups is 1. The second-order valence-electron chi connectivity index (χ2n) is 3.82. The number of rotatable bonds is 2. The predicted octanol–water partition coefficient (Wildman–Crippen LogP) is 1.72. The fraction of sp³-hybridized carbons (Fsp3) is 0.182. The van der Waals surface area contributed by atoms with Crippen LogP contribution in [0.4, 0.5) is 11.5 Å². The summed E-state index contributed by atoms with van der Waals surface area (Å²) in [6, 6.07) is 3.52. The van der Waals surface area contributed by atoms with Gasteiger partial charge in [-0.1, -0.05) is 0 Å². The molecule has 94 valence electrons. The number of nitrogens with two attached hydrogens (primary N) is 1. The molecule has 0 aliphatic rings. The van der Waals surface area contributed by atoms with Crippen LogP contribution in [0.2, 0.25) is 0 Å². The Bertz CT molecular complexity index is 607. The maximum atomic E-state index is 11.9. The van der Waals surface area contributed by atoms with Crippen molar-refractivity contribution in [1.29, 1.82) is 0 Å². The van der Waals surface area contributed by atoms with E-state index in [0.29, 0.717) is 11.5 Å². The Balaban J connectivity index is 2.21. The summed E-state index contributed by atoms with van der Waals surface area (Å²) in [4.78, 5) is 16.1. The van der Waals surface area contributed by atoms with E-state index >= 15 is 0 Å². The van der Waals surface area contributed by atoms with Gasteiger partial charge in [0.25, 0.3) is 5.91 Å². The molecule has 0 atom stereocenters. The number of nitrogen functional groups attached to an aromatic ring is 1. The summed E-state index contributed by atoms with van der Waals surface area (Å²) in [5, 5.41) is 6.64. The first-order valence-electron chi connectivity index (χ1n) is 5.21. The van der Waals surface area contributed by atoms with Crippen molar-refractivity contribution in [3.63, 3.8) is 0 Å². The summed E-state index contributed by atoms with van der Waals surface area (Å²) in [7, 11) is 1.70. The molecule has 0 aromatic carbocycles. The molecule has 1 amide bonds. The van der Waals surface area contributed by atoms with E-state index in [1.807, 2.05) is 13.0 Å². The molecular formula is C11H12BrN5O. The minimum atomic E-state index is -0.373. The van der Waals surface area contributed by atoms with E-state index in [1.54, 1.807) is 19.3 Å². The molecule has 0 fully saturated rings. The molecule has 0 radical (unpaired) electrons. The van der Waals surface area contributed by atoms with E-state index in [2.05, 4.69) is 31.3 Å². The van der Waals surface area contributed by atoms with Gasteiger partial charge in [-0.15, -0.1) is 0 Å². The van der Waals surface area contributed by atoms with Crippen LogP contribution in [0.1, 0.15) is 16.2 Å². The van der Waals surface area contributed by atoms with Gasteiger partial charge in [0.05, 0.1) is 11.4 Å². The van der Waals surface area contributed by atoms with E-state index in [0.717, 1.165) is 10.2 Å². The topological polar surface area (TPSA) is 85.8 Å². The number of aromatic nitrogens is 3. The molecule has 3 N–H and O–H groups in total. The molecule has 0 bridgehead atoms. The highest BCUT2D eigenvalue weighted by Gasteiger charge is 2.14. The zero-order chi connectivity index (χ0) is 13.3.